The maximum absolute atomic E-state index is 6.13. The van der Waals surface area contributed by atoms with Gasteiger partial charge < -0.3 is 15.8 Å². The van der Waals surface area contributed by atoms with E-state index in [9.17, 15) is 0 Å². The minimum absolute atomic E-state index is 0.296. The van der Waals surface area contributed by atoms with Crippen molar-refractivity contribution in [3.63, 3.8) is 0 Å². The number of ether oxygens (including phenoxy) is 1. The van der Waals surface area contributed by atoms with Crippen molar-refractivity contribution in [2.24, 2.45) is 0 Å². The average molecular weight is 377 g/mol. The standard InChI is InChI=1S/C11H10ClIN4O/c12-9-10(15-5-13)16-6-17-11(9)18-8-3-1-2-7(14)4-8/h1-4,6H,5,14H2,(H,15,16,17). The fourth-order valence-electron chi connectivity index (χ4n) is 1.30. The Morgan fingerprint density at radius 1 is 1.39 bits per heavy atom. The lowest BCUT2D eigenvalue weighted by atomic mass is 10.3. The van der Waals surface area contributed by atoms with Gasteiger partial charge in [-0.15, -0.1) is 0 Å². The molecule has 1 heterocycles. The van der Waals surface area contributed by atoms with Crippen LogP contribution < -0.4 is 15.8 Å². The van der Waals surface area contributed by atoms with Gasteiger partial charge in [0.25, 0.3) is 0 Å². The molecule has 2 aromatic rings. The lowest BCUT2D eigenvalue weighted by molar-refractivity contribution is 0.462. The van der Waals surface area contributed by atoms with Gasteiger partial charge in [0.1, 0.15) is 17.1 Å². The van der Waals surface area contributed by atoms with Crippen LogP contribution in [-0.4, -0.2) is 14.5 Å². The zero-order valence-corrected chi connectivity index (χ0v) is 12.1. The highest BCUT2D eigenvalue weighted by molar-refractivity contribution is 14.1. The Kier molecular flexibility index (Phi) is 4.43. The second kappa shape index (κ2) is 6.05. The summed E-state index contributed by atoms with van der Waals surface area (Å²) in [4.78, 5) is 8.02. The van der Waals surface area contributed by atoms with Crippen molar-refractivity contribution in [1.82, 2.24) is 9.97 Å². The third kappa shape index (κ3) is 3.14. The number of hydrogen-bond donors (Lipinski definition) is 2. The number of nitrogens with two attached hydrogens (primary N) is 1. The molecule has 0 saturated carbocycles. The van der Waals surface area contributed by atoms with Crippen molar-refractivity contribution in [2.75, 3.05) is 15.6 Å². The number of alkyl halides is 1. The summed E-state index contributed by atoms with van der Waals surface area (Å²) in [6.45, 7) is 0. The summed E-state index contributed by atoms with van der Waals surface area (Å²) in [6, 6.07) is 7.05. The maximum atomic E-state index is 6.13. The number of halogens is 2. The van der Waals surface area contributed by atoms with Crippen LogP contribution in [0.25, 0.3) is 0 Å². The van der Waals surface area contributed by atoms with Crippen molar-refractivity contribution in [3.8, 4) is 11.6 Å². The van der Waals surface area contributed by atoms with Crippen LogP contribution in [0.1, 0.15) is 0 Å². The molecule has 0 unspecified atom stereocenters. The van der Waals surface area contributed by atoms with Gasteiger partial charge in [-0.05, 0) is 12.1 Å². The zero-order chi connectivity index (χ0) is 13.0. The molecule has 2 rings (SSSR count). The molecular formula is C11H10ClIN4O. The molecule has 0 aliphatic rings. The first-order valence-corrected chi connectivity index (χ1v) is 6.95. The Labute approximate surface area is 123 Å². The Hall–Kier alpha value is -1.28. The van der Waals surface area contributed by atoms with Gasteiger partial charge in [0.05, 0.1) is 4.55 Å². The van der Waals surface area contributed by atoms with Gasteiger partial charge in [-0.2, -0.15) is 4.98 Å². The number of hydrogen-bond acceptors (Lipinski definition) is 5. The normalized spacial score (nSPS) is 10.1. The molecule has 3 N–H and O–H groups in total. The van der Waals surface area contributed by atoms with E-state index >= 15 is 0 Å². The van der Waals surface area contributed by atoms with Gasteiger partial charge in [-0.1, -0.05) is 40.3 Å². The Morgan fingerprint density at radius 2 is 2.22 bits per heavy atom. The van der Waals surface area contributed by atoms with Crippen molar-refractivity contribution in [2.45, 2.75) is 0 Å². The Balaban J connectivity index is 2.26. The van der Waals surface area contributed by atoms with Gasteiger partial charge in [0.2, 0.25) is 5.88 Å². The summed E-state index contributed by atoms with van der Waals surface area (Å²) in [6.07, 6.45) is 1.39. The van der Waals surface area contributed by atoms with Gasteiger partial charge >= 0.3 is 0 Å². The van der Waals surface area contributed by atoms with Crippen LogP contribution in [0, 0.1) is 0 Å². The third-order valence-corrected chi connectivity index (χ3v) is 2.79. The van der Waals surface area contributed by atoms with Crippen molar-refractivity contribution < 1.29 is 4.74 Å². The number of nitrogen functional groups attached to an aromatic ring is 1. The number of aromatic nitrogens is 2. The van der Waals surface area contributed by atoms with Crippen LogP contribution >= 0.6 is 34.2 Å². The SMILES string of the molecule is Nc1cccc(Oc2ncnc(NCI)c2Cl)c1. The van der Waals surface area contributed by atoms with Gasteiger partial charge in [-0.3, -0.25) is 0 Å². The van der Waals surface area contributed by atoms with Crippen LogP contribution in [0.15, 0.2) is 30.6 Å². The van der Waals surface area contributed by atoms with Crippen LogP contribution in [0.2, 0.25) is 5.02 Å². The summed E-state index contributed by atoms with van der Waals surface area (Å²) in [5.74, 6) is 1.42. The van der Waals surface area contributed by atoms with E-state index in [2.05, 4.69) is 37.9 Å². The first-order chi connectivity index (χ1) is 8.70. The van der Waals surface area contributed by atoms with E-state index in [0.717, 1.165) is 0 Å². The van der Waals surface area contributed by atoms with E-state index in [1.807, 2.05) is 0 Å². The number of benzene rings is 1. The summed E-state index contributed by atoms with van der Waals surface area (Å²) < 4.78 is 6.26. The molecule has 94 valence electrons. The fourth-order valence-corrected chi connectivity index (χ4v) is 1.87. The third-order valence-electron chi connectivity index (χ3n) is 2.06. The lowest BCUT2D eigenvalue weighted by Crippen LogP contribution is -2.00. The minimum Gasteiger partial charge on any atom is -0.437 e. The number of nitrogens with one attached hydrogen (secondary N) is 1. The highest BCUT2D eigenvalue weighted by atomic mass is 127. The molecule has 0 spiro atoms. The molecule has 0 atom stereocenters. The van der Waals surface area contributed by atoms with Crippen molar-refractivity contribution in [1.29, 1.82) is 0 Å². The van der Waals surface area contributed by atoms with Crippen LogP contribution in [0.3, 0.4) is 0 Å². The van der Waals surface area contributed by atoms with Gasteiger partial charge in [0.15, 0.2) is 5.82 Å². The molecule has 0 aliphatic heterocycles. The van der Waals surface area contributed by atoms with Crippen molar-refractivity contribution >= 4 is 45.7 Å². The summed E-state index contributed by atoms with van der Waals surface area (Å²) in [7, 11) is 0. The molecule has 0 saturated heterocycles. The molecule has 0 aliphatic carbocycles. The average Bonchev–Trinajstić information content (AvgIpc) is 2.35. The highest BCUT2D eigenvalue weighted by Crippen LogP contribution is 2.31. The van der Waals surface area contributed by atoms with E-state index in [-0.39, 0.29) is 0 Å². The van der Waals surface area contributed by atoms with Crippen LogP contribution in [0.5, 0.6) is 11.6 Å². The number of anilines is 2. The lowest BCUT2D eigenvalue weighted by Gasteiger charge is -2.09. The number of nitrogens with zero attached hydrogens (tertiary/aromatic N) is 2. The Morgan fingerprint density at radius 3 is 2.94 bits per heavy atom. The van der Waals surface area contributed by atoms with E-state index in [4.69, 9.17) is 22.1 Å². The predicted octanol–water partition coefficient (Wildman–Crippen LogP) is 3.31. The predicted molar refractivity (Wildman–Crippen MR) is 80.5 cm³/mol. The molecule has 0 bridgehead atoms. The second-order valence-electron chi connectivity index (χ2n) is 3.33. The quantitative estimate of drug-likeness (QED) is 0.371. The monoisotopic (exact) mass is 376 g/mol. The minimum atomic E-state index is 0.296. The van der Waals surface area contributed by atoms with Gasteiger partial charge in [0, 0.05) is 11.8 Å². The molecule has 1 aromatic carbocycles. The fraction of sp³-hybridized carbons (Fsp3) is 0.0909. The summed E-state index contributed by atoms with van der Waals surface area (Å²) in [5, 5.41) is 3.36. The van der Waals surface area contributed by atoms with Crippen LogP contribution in [-0.2, 0) is 0 Å². The summed E-state index contributed by atoms with van der Waals surface area (Å²) >= 11 is 8.29. The molecular weight excluding hydrogens is 367 g/mol. The molecule has 1 aromatic heterocycles. The largest absolute Gasteiger partial charge is 0.437 e. The van der Waals surface area contributed by atoms with E-state index in [1.165, 1.54) is 6.33 Å². The molecule has 0 radical (unpaired) electrons. The molecule has 7 heteroatoms. The van der Waals surface area contributed by atoms with Crippen molar-refractivity contribution in [3.05, 3.63) is 35.6 Å². The molecule has 0 amide bonds. The van der Waals surface area contributed by atoms with E-state index < -0.39 is 0 Å². The maximum Gasteiger partial charge on any atom is 0.243 e. The highest BCUT2D eigenvalue weighted by Gasteiger charge is 2.10. The Bertz CT molecular complexity index is 552. The molecule has 18 heavy (non-hydrogen) atoms. The van der Waals surface area contributed by atoms with Crippen LogP contribution in [0.4, 0.5) is 11.5 Å². The van der Waals surface area contributed by atoms with E-state index in [1.54, 1.807) is 24.3 Å². The van der Waals surface area contributed by atoms with E-state index in [0.29, 0.717) is 32.7 Å². The van der Waals surface area contributed by atoms with Gasteiger partial charge in [-0.25, -0.2) is 4.98 Å². The second-order valence-corrected chi connectivity index (χ2v) is 4.47. The smallest absolute Gasteiger partial charge is 0.243 e. The summed E-state index contributed by atoms with van der Waals surface area (Å²) in [5.41, 5.74) is 6.28. The first-order valence-electron chi connectivity index (χ1n) is 5.04. The number of rotatable bonds is 4. The topological polar surface area (TPSA) is 73.1 Å². The zero-order valence-electron chi connectivity index (χ0n) is 9.23. The molecule has 5 nitrogen and oxygen atoms in total. The first kappa shape index (κ1) is 13.2. The molecule has 0 fully saturated rings.